The first-order valence-corrected chi connectivity index (χ1v) is 6.51. The number of ether oxygens (including phenoxy) is 1. The molecule has 4 nitrogen and oxygen atoms in total. The highest BCUT2D eigenvalue weighted by Gasteiger charge is 2.13. The van der Waals surface area contributed by atoms with Crippen LogP contribution in [0.1, 0.15) is 27.2 Å². The molecule has 5 heteroatoms. The smallest absolute Gasteiger partial charge is 0.246 e. The van der Waals surface area contributed by atoms with Gasteiger partial charge in [-0.25, -0.2) is 0 Å². The second-order valence-electron chi connectivity index (χ2n) is 3.50. The molecular formula is C10H21NO3Si. The van der Waals surface area contributed by atoms with Crippen molar-refractivity contribution >= 4 is 15.7 Å². The van der Waals surface area contributed by atoms with E-state index in [-0.39, 0.29) is 17.9 Å². The first-order chi connectivity index (χ1) is 7.01. The average molecular weight is 231 g/mol. The lowest BCUT2D eigenvalue weighted by Gasteiger charge is -2.19. The van der Waals surface area contributed by atoms with Gasteiger partial charge in [-0.05, 0) is 20.3 Å². The van der Waals surface area contributed by atoms with Gasteiger partial charge in [-0.15, -0.1) is 0 Å². The first-order valence-electron chi connectivity index (χ1n) is 5.12. The number of carbonyl (C=O) groups excluding carboxylic acids is 1. The predicted molar refractivity (Wildman–Crippen MR) is 63.1 cm³/mol. The largest absolute Gasteiger partial charge is 0.398 e. The van der Waals surface area contributed by atoms with E-state index in [2.05, 4.69) is 11.9 Å². The Kier molecular flexibility index (Phi) is 7.28. The first kappa shape index (κ1) is 14.3. The fourth-order valence-electron chi connectivity index (χ4n) is 0.890. The number of carbonyl (C=O) groups is 1. The number of nitrogens with one attached hydrogen (secondary N) is 1. The van der Waals surface area contributed by atoms with Crippen molar-refractivity contribution in [2.45, 2.75) is 39.1 Å². The van der Waals surface area contributed by atoms with Gasteiger partial charge in [0, 0.05) is 18.3 Å². The van der Waals surface area contributed by atoms with Crippen molar-refractivity contribution in [3.8, 4) is 0 Å². The highest BCUT2D eigenvalue weighted by atomic mass is 28.2. The highest BCUT2D eigenvalue weighted by Crippen LogP contribution is 1.97. The second kappa shape index (κ2) is 7.61. The molecule has 2 unspecified atom stereocenters. The fraction of sp³-hybridized carbons (Fsp3) is 0.700. The summed E-state index contributed by atoms with van der Waals surface area (Å²) in [6.45, 7) is 9.16. The topological polar surface area (TPSA) is 47.6 Å². The number of methoxy groups -OCH3 is 1. The summed E-state index contributed by atoms with van der Waals surface area (Å²) < 4.78 is 10.5. The molecule has 0 aliphatic rings. The fourth-order valence-corrected chi connectivity index (χ4v) is 2.03. The normalized spacial score (nSPS) is 15.2. The molecule has 88 valence electrons. The van der Waals surface area contributed by atoms with E-state index >= 15 is 0 Å². The molecule has 0 aromatic rings. The van der Waals surface area contributed by atoms with Crippen LogP contribution in [0, 0.1) is 0 Å². The van der Waals surface area contributed by atoms with Crippen molar-refractivity contribution in [1.82, 2.24) is 5.32 Å². The minimum atomic E-state index is -0.806. The van der Waals surface area contributed by atoms with Gasteiger partial charge in [0.15, 0.2) is 9.76 Å². The Morgan fingerprint density at radius 3 is 2.60 bits per heavy atom. The lowest BCUT2D eigenvalue weighted by molar-refractivity contribution is -0.117. The van der Waals surface area contributed by atoms with Crippen LogP contribution in [-0.2, 0) is 14.0 Å². The Hall–Kier alpha value is -0.653. The lowest BCUT2D eigenvalue weighted by Crippen LogP contribution is -2.41. The van der Waals surface area contributed by atoms with Gasteiger partial charge in [-0.1, -0.05) is 13.5 Å². The molecule has 1 N–H and O–H groups in total. The van der Waals surface area contributed by atoms with Gasteiger partial charge in [-0.3, -0.25) is 4.79 Å². The summed E-state index contributed by atoms with van der Waals surface area (Å²) in [5.74, 6) is -0.0944. The third-order valence-electron chi connectivity index (χ3n) is 2.08. The molecule has 0 saturated carbocycles. The zero-order valence-electron chi connectivity index (χ0n) is 10.0. The number of hydrogen-bond acceptors (Lipinski definition) is 3. The molecule has 0 radical (unpaired) electrons. The Labute approximate surface area is 94.0 Å². The standard InChI is InChI=1S/C10H21NO3Si/c1-6-9(11-10(12)7(2)3)15-14-8(4)13-5/h8-9H,2,6,15H2,1,3-5H3,(H,11,12). The summed E-state index contributed by atoms with van der Waals surface area (Å²) in [4.78, 5) is 11.4. The lowest BCUT2D eigenvalue weighted by atomic mass is 10.3. The maximum Gasteiger partial charge on any atom is 0.246 e. The summed E-state index contributed by atoms with van der Waals surface area (Å²) in [5, 5.41) is 2.89. The molecule has 0 saturated heterocycles. The van der Waals surface area contributed by atoms with Crippen LogP contribution in [0.3, 0.4) is 0 Å². The van der Waals surface area contributed by atoms with E-state index in [1.807, 2.05) is 13.8 Å². The maximum absolute atomic E-state index is 11.4. The van der Waals surface area contributed by atoms with E-state index in [1.165, 1.54) is 0 Å². The van der Waals surface area contributed by atoms with Crippen molar-refractivity contribution in [3.05, 3.63) is 12.2 Å². The molecule has 0 spiro atoms. The number of rotatable bonds is 7. The Morgan fingerprint density at radius 2 is 2.20 bits per heavy atom. The average Bonchev–Trinajstić information content (AvgIpc) is 2.22. The maximum atomic E-state index is 11.4. The van der Waals surface area contributed by atoms with E-state index in [1.54, 1.807) is 14.0 Å². The number of amides is 1. The van der Waals surface area contributed by atoms with Crippen molar-refractivity contribution in [2.75, 3.05) is 7.11 Å². The highest BCUT2D eigenvalue weighted by molar-refractivity contribution is 6.30. The van der Waals surface area contributed by atoms with Crippen molar-refractivity contribution in [2.24, 2.45) is 0 Å². The second-order valence-corrected chi connectivity index (χ2v) is 5.15. The predicted octanol–water partition coefficient (Wildman–Crippen LogP) is 0.508. The van der Waals surface area contributed by atoms with Crippen molar-refractivity contribution < 1.29 is 14.0 Å². The van der Waals surface area contributed by atoms with Crippen LogP contribution in [0.5, 0.6) is 0 Å². The Bertz CT molecular complexity index is 221. The third kappa shape index (κ3) is 6.43. The molecule has 15 heavy (non-hydrogen) atoms. The van der Waals surface area contributed by atoms with Crippen LogP contribution < -0.4 is 5.32 Å². The van der Waals surface area contributed by atoms with Crippen molar-refractivity contribution in [3.63, 3.8) is 0 Å². The molecule has 0 aliphatic heterocycles. The minimum Gasteiger partial charge on any atom is -0.398 e. The Morgan fingerprint density at radius 1 is 1.60 bits per heavy atom. The van der Waals surface area contributed by atoms with Gasteiger partial charge in [0.2, 0.25) is 5.91 Å². The van der Waals surface area contributed by atoms with Crippen LogP contribution in [0.15, 0.2) is 12.2 Å². The van der Waals surface area contributed by atoms with Crippen LogP contribution >= 0.6 is 0 Å². The molecule has 1 amide bonds. The summed E-state index contributed by atoms with van der Waals surface area (Å²) in [7, 11) is 0.798. The van der Waals surface area contributed by atoms with Gasteiger partial charge in [0.1, 0.15) is 6.29 Å². The minimum absolute atomic E-state index is 0.0944. The van der Waals surface area contributed by atoms with Crippen LogP contribution in [0.4, 0.5) is 0 Å². The molecule has 0 aromatic carbocycles. The molecule has 0 rings (SSSR count). The van der Waals surface area contributed by atoms with Gasteiger partial charge >= 0.3 is 0 Å². The summed E-state index contributed by atoms with van der Waals surface area (Å²) in [6, 6.07) is 0. The van der Waals surface area contributed by atoms with E-state index in [9.17, 15) is 4.79 Å². The van der Waals surface area contributed by atoms with E-state index in [4.69, 9.17) is 9.16 Å². The molecule has 0 heterocycles. The third-order valence-corrected chi connectivity index (χ3v) is 3.93. The van der Waals surface area contributed by atoms with Crippen LogP contribution in [0.2, 0.25) is 0 Å². The van der Waals surface area contributed by atoms with Crippen LogP contribution in [-0.4, -0.2) is 34.7 Å². The zero-order chi connectivity index (χ0) is 11.8. The van der Waals surface area contributed by atoms with E-state index < -0.39 is 9.76 Å². The van der Waals surface area contributed by atoms with Gasteiger partial charge < -0.3 is 14.5 Å². The van der Waals surface area contributed by atoms with Crippen molar-refractivity contribution in [1.29, 1.82) is 0 Å². The SMILES string of the molecule is C=C(C)C(=O)NC(CC)[SiH2]OC(C)OC. The van der Waals surface area contributed by atoms with E-state index in [0.717, 1.165) is 6.42 Å². The summed E-state index contributed by atoms with van der Waals surface area (Å²) in [5.41, 5.74) is 0.675. The summed E-state index contributed by atoms with van der Waals surface area (Å²) >= 11 is 0. The molecule has 0 aromatic heterocycles. The number of hydrogen-bond donors (Lipinski definition) is 1. The monoisotopic (exact) mass is 231 g/mol. The molecule has 0 aliphatic carbocycles. The zero-order valence-corrected chi connectivity index (χ0v) is 11.4. The molecule has 2 atom stereocenters. The quantitative estimate of drug-likeness (QED) is 0.394. The Balaban J connectivity index is 3.93. The van der Waals surface area contributed by atoms with Gasteiger partial charge in [0.05, 0.1) is 0 Å². The summed E-state index contributed by atoms with van der Waals surface area (Å²) in [6.07, 6.45) is 0.689. The van der Waals surface area contributed by atoms with E-state index in [0.29, 0.717) is 5.57 Å². The van der Waals surface area contributed by atoms with Gasteiger partial charge in [0.25, 0.3) is 0 Å². The molecular weight excluding hydrogens is 210 g/mol. The molecule has 0 bridgehead atoms. The van der Waals surface area contributed by atoms with Gasteiger partial charge in [-0.2, -0.15) is 0 Å². The van der Waals surface area contributed by atoms with Crippen LogP contribution in [0.25, 0.3) is 0 Å². The molecule has 0 fully saturated rings.